The van der Waals surface area contributed by atoms with Crippen molar-refractivity contribution in [3.8, 4) is 0 Å². The molecule has 1 saturated heterocycles. The fourth-order valence-corrected chi connectivity index (χ4v) is 2.23. The van der Waals surface area contributed by atoms with E-state index in [2.05, 4.69) is 13.5 Å². The lowest BCUT2D eigenvalue weighted by Gasteiger charge is -2.10. The first-order valence-corrected chi connectivity index (χ1v) is 7.83. The lowest BCUT2D eigenvalue weighted by Crippen LogP contribution is -2.09. The first-order valence-electron chi connectivity index (χ1n) is 7.83. The standard InChI is InChI=1S/C10H16O2.C7H10O3/c1-2-3-5-8-6-4-7-9(8)10(11)12;1-5(2)7(8)10-4-6-3-9-6/h7-8H,2-6H2,1H3,(H,11,12);6H,1,3-4H2,2H3. The molecule has 0 bridgehead atoms. The van der Waals surface area contributed by atoms with E-state index >= 15 is 0 Å². The molecule has 2 aliphatic rings. The summed E-state index contributed by atoms with van der Waals surface area (Å²) < 4.78 is 9.60. The monoisotopic (exact) mass is 310 g/mol. The first kappa shape index (κ1) is 18.4. The lowest BCUT2D eigenvalue weighted by molar-refractivity contribution is -0.139. The zero-order valence-corrected chi connectivity index (χ0v) is 13.5. The van der Waals surface area contributed by atoms with Crippen LogP contribution in [0.25, 0.3) is 0 Å². The predicted molar refractivity (Wildman–Crippen MR) is 83.5 cm³/mol. The molecule has 0 aromatic heterocycles. The number of carboxylic acid groups (broad SMARTS) is 1. The normalized spacial score (nSPS) is 22.2. The molecule has 1 N–H and O–H groups in total. The zero-order valence-electron chi connectivity index (χ0n) is 13.5. The third-order valence-electron chi connectivity index (χ3n) is 3.62. The summed E-state index contributed by atoms with van der Waals surface area (Å²) in [6.07, 6.45) is 7.37. The lowest BCUT2D eigenvalue weighted by atomic mass is 9.95. The average Bonchev–Trinajstić information content (AvgIpc) is 3.18. The van der Waals surface area contributed by atoms with Crippen molar-refractivity contribution in [1.29, 1.82) is 0 Å². The Kier molecular flexibility index (Phi) is 7.88. The molecule has 1 heterocycles. The molecule has 124 valence electrons. The largest absolute Gasteiger partial charge is 0.478 e. The predicted octanol–water partition coefficient (Wildman–Crippen LogP) is 3.10. The molecule has 2 atom stereocenters. The van der Waals surface area contributed by atoms with Crippen LogP contribution in [0.1, 0.15) is 46.0 Å². The summed E-state index contributed by atoms with van der Waals surface area (Å²) in [4.78, 5) is 21.4. The number of rotatable bonds is 7. The van der Waals surface area contributed by atoms with Gasteiger partial charge in [-0.1, -0.05) is 32.4 Å². The van der Waals surface area contributed by atoms with Crippen molar-refractivity contribution in [1.82, 2.24) is 0 Å². The minimum Gasteiger partial charge on any atom is -0.478 e. The van der Waals surface area contributed by atoms with E-state index in [1.54, 1.807) is 6.92 Å². The van der Waals surface area contributed by atoms with Gasteiger partial charge >= 0.3 is 11.9 Å². The highest BCUT2D eigenvalue weighted by atomic mass is 16.6. The maximum absolute atomic E-state index is 10.7. The van der Waals surface area contributed by atoms with E-state index in [0.29, 0.717) is 30.3 Å². The summed E-state index contributed by atoms with van der Waals surface area (Å²) in [7, 11) is 0. The zero-order chi connectivity index (χ0) is 16.5. The van der Waals surface area contributed by atoms with Crippen molar-refractivity contribution >= 4 is 11.9 Å². The quantitative estimate of drug-likeness (QED) is 0.444. The molecule has 5 nitrogen and oxygen atoms in total. The Bertz CT molecular complexity index is 434. The Morgan fingerprint density at radius 1 is 1.50 bits per heavy atom. The smallest absolute Gasteiger partial charge is 0.333 e. The SMILES string of the molecule is C=C(C)C(=O)OCC1CO1.CCCCC1CCC=C1C(=O)O. The fraction of sp³-hybridized carbons (Fsp3) is 0.647. The van der Waals surface area contributed by atoms with Crippen LogP contribution in [0.4, 0.5) is 0 Å². The van der Waals surface area contributed by atoms with Gasteiger partial charge in [0.1, 0.15) is 12.7 Å². The highest BCUT2D eigenvalue weighted by Gasteiger charge is 2.24. The molecule has 1 aliphatic carbocycles. The Morgan fingerprint density at radius 3 is 2.68 bits per heavy atom. The van der Waals surface area contributed by atoms with Crippen molar-refractivity contribution in [2.75, 3.05) is 13.2 Å². The third-order valence-corrected chi connectivity index (χ3v) is 3.62. The van der Waals surface area contributed by atoms with Gasteiger partial charge in [0.2, 0.25) is 0 Å². The Balaban J connectivity index is 0.000000224. The number of esters is 1. The second-order valence-electron chi connectivity index (χ2n) is 5.72. The number of hydrogen-bond donors (Lipinski definition) is 1. The molecule has 5 heteroatoms. The van der Waals surface area contributed by atoms with Gasteiger partial charge in [-0.3, -0.25) is 0 Å². The molecule has 22 heavy (non-hydrogen) atoms. The van der Waals surface area contributed by atoms with Crippen molar-refractivity contribution < 1.29 is 24.2 Å². The van der Waals surface area contributed by atoms with Crippen LogP contribution < -0.4 is 0 Å². The molecule has 2 unspecified atom stereocenters. The maximum Gasteiger partial charge on any atom is 0.333 e. The van der Waals surface area contributed by atoms with E-state index in [1.807, 2.05) is 6.08 Å². The van der Waals surface area contributed by atoms with Crippen molar-refractivity contribution in [2.24, 2.45) is 5.92 Å². The van der Waals surface area contributed by atoms with Crippen LogP contribution >= 0.6 is 0 Å². The van der Waals surface area contributed by atoms with Crippen molar-refractivity contribution in [2.45, 2.75) is 52.1 Å². The molecular weight excluding hydrogens is 284 g/mol. The second kappa shape index (κ2) is 9.41. The Labute approximate surface area is 132 Å². The molecule has 1 fully saturated rings. The number of ether oxygens (including phenoxy) is 2. The molecule has 0 amide bonds. The fourth-order valence-electron chi connectivity index (χ4n) is 2.23. The number of aliphatic carboxylic acids is 1. The topological polar surface area (TPSA) is 76.1 Å². The summed E-state index contributed by atoms with van der Waals surface area (Å²) >= 11 is 0. The van der Waals surface area contributed by atoms with Crippen molar-refractivity contribution in [3.63, 3.8) is 0 Å². The van der Waals surface area contributed by atoms with Gasteiger partial charge in [-0.2, -0.15) is 0 Å². The molecule has 0 aromatic rings. The van der Waals surface area contributed by atoms with Crippen LogP contribution in [-0.2, 0) is 19.1 Å². The van der Waals surface area contributed by atoms with Crippen LogP contribution in [0, 0.1) is 5.92 Å². The van der Waals surface area contributed by atoms with Gasteiger partial charge in [0.05, 0.1) is 6.61 Å². The number of allylic oxidation sites excluding steroid dienone is 1. The van der Waals surface area contributed by atoms with Gasteiger partial charge in [0.25, 0.3) is 0 Å². The summed E-state index contributed by atoms with van der Waals surface area (Å²) in [6.45, 7) is 8.28. The average molecular weight is 310 g/mol. The van der Waals surface area contributed by atoms with Gasteiger partial charge in [-0.05, 0) is 32.1 Å². The van der Waals surface area contributed by atoms with E-state index in [0.717, 1.165) is 32.1 Å². The summed E-state index contributed by atoms with van der Waals surface area (Å²) in [5.74, 6) is -0.716. The van der Waals surface area contributed by atoms with E-state index < -0.39 is 5.97 Å². The van der Waals surface area contributed by atoms with Gasteiger partial charge in [-0.15, -0.1) is 0 Å². The highest BCUT2D eigenvalue weighted by Crippen LogP contribution is 2.30. The number of carbonyl (C=O) groups excluding carboxylic acids is 1. The Morgan fingerprint density at radius 2 is 2.18 bits per heavy atom. The number of unbranched alkanes of at least 4 members (excludes halogenated alkanes) is 1. The van der Waals surface area contributed by atoms with Crippen molar-refractivity contribution in [3.05, 3.63) is 23.8 Å². The third kappa shape index (κ3) is 6.89. The van der Waals surface area contributed by atoms with E-state index in [9.17, 15) is 9.59 Å². The van der Waals surface area contributed by atoms with Crippen LogP contribution in [0.2, 0.25) is 0 Å². The molecular formula is C17H26O5. The summed E-state index contributed by atoms with van der Waals surface area (Å²) in [5.41, 5.74) is 1.09. The van der Waals surface area contributed by atoms with E-state index in [-0.39, 0.29) is 12.1 Å². The Hall–Kier alpha value is -1.62. The van der Waals surface area contributed by atoms with Crippen LogP contribution in [-0.4, -0.2) is 36.4 Å². The molecule has 1 aliphatic heterocycles. The minimum absolute atomic E-state index is 0.142. The molecule has 0 radical (unpaired) electrons. The minimum atomic E-state index is -0.714. The van der Waals surface area contributed by atoms with E-state index in [4.69, 9.17) is 14.6 Å². The second-order valence-corrected chi connectivity index (χ2v) is 5.72. The highest BCUT2D eigenvalue weighted by molar-refractivity contribution is 5.87. The van der Waals surface area contributed by atoms with Gasteiger partial charge in [0.15, 0.2) is 0 Å². The molecule has 0 aromatic carbocycles. The summed E-state index contributed by atoms with van der Waals surface area (Å²) in [5, 5.41) is 8.81. The van der Waals surface area contributed by atoms with Gasteiger partial charge in [0, 0.05) is 11.1 Å². The maximum atomic E-state index is 10.7. The molecule has 0 spiro atoms. The van der Waals surface area contributed by atoms with Gasteiger partial charge < -0.3 is 14.6 Å². The number of hydrogen-bond acceptors (Lipinski definition) is 4. The number of carbonyl (C=O) groups is 2. The first-order chi connectivity index (χ1) is 10.5. The van der Waals surface area contributed by atoms with Crippen LogP contribution in [0.5, 0.6) is 0 Å². The summed E-state index contributed by atoms with van der Waals surface area (Å²) in [6, 6.07) is 0. The number of epoxide rings is 1. The molecule has 0 saturated carbocycles. The van der Waals surface area contributed by atoms with Crippen LogP contribution in [0.3, 0.4) is 0 Å². The number of carboxylic acids is 1. The molecule has 2 rings (SSSR count). The van der Waals surface area contributed by atoms with Crippen LogP contribution in [0.15, 0.2) is 23.8 Å². The van der Waals surface area contributed by atoms with E-state index in [1.165, 1.54) is 0 Å². The van der Waals surface area contributed by atoms with Gasteiger partial charge in [-0.25, -0.2) is 9.59 Å².